The van der Waals surface area contributed by atoms with E-state index in [0.717, 1.165) is 16.4 Å². The molecule has 1 aliphatic rings. The van der Waals surface area contributed by atoms with Crippen LogP contribution >= 0.6 is 11.5 Å². The van der Waals surface area contributed by atoms with Crippen LogP contribution < -0.4 is 20.3 Å². The maximum absolute atomic E-state index is 13.6. The number of ether oxygens (including phenoxy) is 2. The lowest BCUT2D eigenvalue weighted by atomic mass is 9.91. The number of piperazine rings is 1. The number of esters is 1. The van der Waals surface area contributed by atoms with Crippen LogP contribution in [0.4, 0.5) is 16.5 Å². The van der Waals surface area contributed by atoms with Gasteiger partial charge in [0.2, 0.25) is 15.2 Å². The Balaban J connectivity index is 1.34. The zero-order valence-corrected chi connectivity index (χ0v) is 26.8. The van der Waals surface area contributed by atoms with Gasteiger partial charge in [-0.1, -0.05) is 24.3 Å². The fourth-order valence-corrected chi connectivity index (χ4v) is 7.51. The third-order valence-corrected chi connectivity index (χ3v) is 10.4. The summed E-state index contributed by atoms with van der Waals surface area (Å²) in [5, 5.41) is 0.741. The predicted molar refractivity (Wildman–Crippen MR) is 172 cm³/mol. The van der Waals surface area contributed by atoms with Crippen LogP contribution in [0, 0.1) is 0 Å². The molecule has 0 amide bonds. The van der Waals surface area contributed by atoms with Gasteiger partial charge in [-0.2, -0.15) is 8.68 Å². The summed E-state index contributed by atoms with van der Waals surface area (Å²) < 4.78 is 43.5. The van der Waals surface area contributed by atoms with E-state index in [0.29, 0.717) is 31.0 Å². The molecule has 0 aliphatic carbocycles. The quantitative estimate of drug-likeness (QED) is 0.202. The predicted octanol–water partition coefficient (Wildman–Crippen LogP) is 3.87. The number of hydrogen-bond acceptors (Lipinski definition) is 11. The Morgan fingerprint density at radius 2 is 1.68 bits per heavy atom. The molecular formula is C31H36N6O5S2. The number of hydrogen-bond donors (Lipinski definition) is 1. The van der Waals surface area contributed by atoms with E-state index in [4.69, 9.17) is 24.6 Å². The molecule has 1 aliphatic heterocycles. The van der Waals surface area contributed by atoms with Gasteiger partial charge in [0.15, 0.2) is 5.82 Å². The second-order valence-electron chi connectivity index (χ2n) is 10.7. The number of nitrogens with two attached hydrogens (primary N) is 1. The molecular weight excluding hydrogens is 601 g/mol. The summed E-state index contributed by atoms with van der Waals surface area (Å²) in [6.07, 6.45) is 0.715. The number of nitrogen functional groups attached to an aromatic ring is 1. The van der Waals surface area contributed by atoms with Crippen molar-refractivity contribution in [2.75, 3.05) is 70.0 Å². The highest BCUT2D eigenvalue weighted by molar-refractivity contribution is 7.89. The summed E-state index contributed by atoms with van der Waals surface area (Å²) in [4.78, 5) is 21.1. The SMILES string of the molecule is COC(=O)c1ccc(OC)c(S(=O)(=O)N2CCN(c3nc(C(Cc4ccc(N(C)C)cc4)c4ccc(N)cc4)ns3)CC2)c1. The minimum absolute atomic E-state index is 0.0699. The van der Waals surface area contributed by atoms with E-state index in [-0.39, 0.29) is 35.2 Å². The largest absolute Gasteiger partial charge is 0.495 e. The van der Waals surface area contributed by atoms with Crippen LogP contribution in [0.25, 0.3) is 0 Å². The van der Waals surface area contributed by atoms with Gasteiger partial charge in [-0.3, -0.25) is 0 Å². The number of anilines is 3. The van der Waals surface area contributed by atoms with E-state index < -0.39 is 16.0 Å². The van der Waals surface area contributed by atoms with Crippen LogP contribution in [-0.4, -0.2) is 82.5 Å². The van der Waals surface area contributed by atoms with Gasteiger partial charge in [-0.25, -0.2) is 18.2 Å². The smallest absolute Gasteiger partial charge is 0.337 e. The normalized spacial score (nSPS) is 14.7. The molecule has 0 radical (unpaired) electrons. The minimum atomic E-state index is -3.94. The lowest BCUT2D eigenvalue weighted by Crippen LogP contribution is -2.48. The van der Waals surface area contributed by atoms with E-state index in [9.17, 15) is 13.2 Å². The highest BCUT2D eigenvalue weighted by atomic mass is 32.2. The van der Waals surface area contributed by atoms with Crippen molar-refractivity contribution in [3.63, 3.8) is 0 Å². The van der Waals surface area contributed by atoms with Gasteiger partial charge in [-0.15, -0.1) is 0 Å². The van der Waals surface area contributed by atoms with Crippen LogP contribution in [0.1, 0.15) is 33.2 Å². The summed E-state index contributed by atoms with van der Waals surface area (Å²) in [6.45, 7) is 1.35. The second kappa shape index (κ2) is 13.2. The molecule has 0 saturated carbocycles. The summed E-state index contributed by atoms with van der Waals surface area (Å²) in [6, 6.07) is 20.5. The first-order valence-electron chi connectivity index (χ1n) is 14.1. The van der Waals surface area contributed by atoms with Gasteiger partial charge in [0.1, 0.15) is 10.6 Å². The fraction of sp³-hybridized carbons (Fsp3) is 0.323. The number of rotatable bonds is 10. The van der Waals surface area contributed by atoms with Crippen LogP contribution in [0.15, 0.2) is 71.6 Å². The van der Waals surface area contributed by atoms with Crippen molar-refractivity contribution in [2.45, 2.75) is 17.2 Å². The first-order valence-corrected chi connectivity index (χ1v) is 16.3. The number of nitrogens with zero attached hydrogens (tertiary/aromatic N) is 5. The summed E-state index contributed by atoms with van der Waals surface area (Å²) in [5.74, 6) is 0.177. The number of benzene rings is 3. The first-order chi connectivity index (χ1) is 21.1. The van der Waals surface area contributed by atoms with Crippen LogP contribution in [0.5, 0.6) is 5.75 Å². The van der Waals surface area contributed by atoms with Crippen LogP contribution in [-0.2, 0) is 21.2 Å². The molecule has 1 aromatic heterocycles. The number of carbonyl (C=O) groups excluding carboxylic acids is 1. The molecule has 0 bridgehead atoms. The van der Waals surface area contributed by atoms with Gasteiger partial charge < -0.3 is 25.0 Å². The molecule has 4 aromatic rings. The monoisotopic (exact) mass is 636 g/mol. The summed E-state index contributed by atoms with van der Waals surface area (Å²) >= 11 is 1.31. The molecule has 5 rings (SSSR count). The van der Waals surface area contributed by atoms with Crippen molar-refractivity contribution in [3.05, 3.63) is 89.2 Å². The molecule has 1 fully saturated rings. The first kappa shape index (κ1) is 31.2. The molecule has 13 heteroatoms. The third kappa shape index (κ3) is 6.64. The molecule has 2 N–H and O–H groups in total. The Morgan fingerprint density at radius 1 is 1.00 bits per heavy atom. The number of methoxy groups -OCH3 is 2. The summed E-state index contributed by atoms with van der Waals surface area (Å²) in [5.41, 5.74) is 10.2. The minimum Gasteiger partial charge on any atom is -0.495 e. The lowest BCUT2D eigenvalue weighted by molar-refractivity contribution is 0.0600. The van der Waals surface area contributed by atoms with Crippen molar-refractivity contribution in [3.8, 4) is 5.75 Å². The van der Waals surface area contributed by atoms with E-state index in [2.05, 4.69) is 34.1 Å². The Hall–Kier alpha value is -4.20. The maximum atomic E-state index is 13.6. The van der Waals surface area contributed by atoms with Gasteiger partial charge in [-0.05, 0) is 60.0 Å². The average Bonchev–Trinajstić information content (AvgIpc) is 3.54. The highest BCUT2D eigenvalue weighted by Gasteiger charge is 2.33. The molecule has 0 spiro atoms. The highest BCUT2D eigenvalue weighted by Crippen LogP contribution is 2.33. The van der Waals surface area contributed by atoms with E-state index >= 15 is 0 Å². The Bertz CT molecular complexity index is 1700. The molecule has 11 nitrogen and oxygen atoms in total. The molecule has 2 heterocycles. The van der Waals surface area contributed by atoms with Crippen molar-refractivity contribution in [1.29, 1.82) is 0 Å². The van der Waals surface area contributed by atoms with E-state index in [1.165, 1.54) is 53.8 Å². The van der Waals surface area contributed by atoms with Crippen molar-refractivity contribution < 1.29 is 22.7 Å². The Morgan fingerprint density at radius 3 is 2.30 bits per heavy atom. The average molecular weight is 637 g/mol. The zero-order chi connectivity index (χ0) is 31.4. The lowest BCUT2D eigenvalue weighted by Gasteiger charge is -2.33. The van der Waals surface area contributed by atoms with Gasteiger partial charge in [0, 0.05) is 69.1 Å². The number of carbonyl (C=O) groups is 1. The van der Waals surface area contributed by atoms with E-state index in [1.807, 2.05) is 38.4 Å². The molecule has 3 aromatic carbocycles. The Kier molecular flexibility index (Phi) is 9.37. The van der Waals surface area contributed by atoms with Crippen LogP contribution in [0.2, 0.25) is 0 Å². The zero-order valence-electron chi connectivity index (χ0n) is 25.1. The third-order valence-electron chi connectivity index (χ3n) is 7.69. The molecule has 44 heavy (non-hydrogen) atoms. The van der Waals surface area contributed by atoms with Gasteiger partial charge >= 0.3 is 5.97 Å². The molecule has 1 saturated heterocycles. The molecule has 1 atom stereocenters. The van der Waals surface area contributed by atoms with Crippen molar-refractivity contribution in [2.24, 2.45) is 0 Å². The van der Waals surface area contributed by atoms with Gasteiger partial charge in [0.05, 0.1) is 19.8 Å². The van der Waals surface area contributed by atoms with Crippen molar-refractivity contribution >= 4 is 44.0 Å². The maximum Gasteiger partial charge on any atom is 0.337 e. The fourth-order valence-electron chi connectivity index (χ4n) is 5.13. The number of sulfonamides is 1. The van der Waals surface area contributed by atoms with Crippen LogP contribution in [0.3, 0.4) is 0 Å². The number of aromatic nitrogens is 2. The van der Waals surface area contributed by atoms with E-state index in [1.54, 1.807) is 0 Å². The second-order valence-corrected chi connectivity index (χ2v) is 13.3. The molecule has 232 valence electrons. The van der Waals surface area contributed by atoms with Gasteiger partial charge in [0.25, 0.3) is 0 Å². The Labute approximate surface area is 262 Å². The standard InChI is InChI=1S/C31H36N6O5S2/c1-35(2)25-12-5-21(6-13-25)19-26(22-7-10-24(32)11-8-22)29-33-31(43-34-29)36-15-17-37(18-16-36)44(39,40)28-20-23(30(38)42-4)9-14-27(28)41-3/h5-14,20,26H,15-19,32H2,1-4H3. The summed E-state index contributed by atoms with van der Waals surface area (Å²) in [7, 11) is 2.74. The van der Waals surface area contributed by atoms with Crippen molar-refractivity contribution in [1.82, 2.24) is 13.7 Å². The molecule has 1 unspecified atom stereocenters. The topological polar surface area (TPSA) is 131 Å².